The summed E-state index contributed by atoms with van der Waals surface area (Å²) in [5.74, 6) is 0.616. The maximum absolute atomic E-state index is 12.1. The Bertz CT molecular complexity index is 780. The van der Waals surface area contributed by atoms with E-state index in [4.69, 9.17) is 4.74 Å². The molecule has 1 aromatic heterocycles. The topological polar surface area (TPSA) is 55.3 Å². The van der Waals surface area contributed by atoms with Crippen molar-refractivity contribution in [3.05, 3.63) is 73.1 Å². The summed E-state index contributed by atoms with van der Waals surface area (Å²) in [5.41, 5.74) is 2.37. The first-order valence-electron chi connectivity index (χ1n) is 7.21. The van der Waals surface area contributed by atoms with E-state index in [2.05, 4.69) is 10.6 Å². The Morgan fingerprint density at radius 1 is 0.913 bits per heavy atom. The number of carbonyl (C=O) groups is 1. The quantitative estimate of drug-likeness (QED) is 0.761. The molecule has 23 heavy (non-hydrogen) atoms. The van der Waals surface area contributed by atoms with Crippen LogP contribution in [0.15, 0.2) is 73.1 Å². The van der Waals surface area contributed by atoms with E-state index in [0.29, 0.717) is 17.1 Å². The standard InChI is InChI=1S/C18H17N3O2/c1-23-17-7-3-2-6-16(17)20-18(22)19-14-8-10-15(11-9-14)21-12-4-5-13-21/h2-13H,1H3,(H2,19,20,22). The molecule has 3 aromatic rings. The number of para-hydroxylation sites is 2. The molecule has 2 amide bonds. The van der Waals surface area contributed by atoms with E-state index in [9.17, 15) is 4.79 Å². The van der Waals surface area contributed by atoms with Crippen LogP contribution in [-0.4, -0.2) is 17.7 Å². The minimum absolute atomic E-state index is 0.316. The lowest BCUT2D eigenvalue weighted by Gasteiger charge is -2.11. The molecule has 5 nitrogen and oxygen atoms in total. The molecular formula is C18H17N3O2. The van der Waals surface area contributed by atoms with Gasteiger partial charge in [-0.1, -0.05) is 12.1 Å². The highest BCUT2D eigenvalue weighted by Gasteiger charge is 2.07. The predicted octanol–water partition coefficient (Wildman–Crippen LogP) is 4.13. The fraction of sp³-hybridized carbons (Fsp3) is 0.0556. The van der Waals surface area contributed by atoms with Crippen molar-refractivity contribution in [2.45, 2.75) is 0 Å². The zero-order valence-corrected chi connectivity index (χ0v) is 12.7. The summed E-state index contributed by atoms with van der Waals surface area (Å²) in [5, 5.41) is 5.57. The number of hydrogen-bond acceptors (Lipinski definition) is 2. The highest BCUT2D eigenvalue weighted by atomic mass is 16.5. The molecule has 116 valence electrons. The number of nitrogens with zero attached hydrogens (tertiary/aromatic N) is 1. The zero-order chi connectivity index (χ0) is 16.1. The van der Waals surface area contributed by atoms with Gasteiger partial charge in [-0.25, -0.2) is 4.79 Å². The van der Waals surface area contributed by atoms with Gasteiger partial charge in [-0.15, -0.1) is 0 Å². The van der Waals surface area contributed by atoms with Crippen LogP contribution in [0.4, 0.5) is 16.2 Å². The van der Waals surface area contributed by atoms with Crippen molar-refractivity contribution < 1.29 is 9.53 Å². The van der Waals surface area contributed by atoms with Crippen LogP contribution in [0.3, 0.4) is 0 Å². The number of ether oxygens (including phenoxy) is 1. The molecular weight excluding hydrogens is 290 g/mol. The molecule has 2 N–H and O–H groups in total. The Hall–Kier alpha value is -3.21. The van der Waals surface area contributed by atoms with Crippen LogP contribution < -0.4 is 15.4 Å². The molecule has 3 rings (SSSR count). The fourth-order valence-corrected chi connectivity index (χ4v) is 2.26. The molecule has 0 bridgehead atoms. The third-order valence-electron chi connectivity index (χ3n) is 3.38. The average Bonchev–Trinajstić information content (AvgIpc) is 3.10. The van der Waals surface area contributed by atoms with Crippen LogP contribution in [0, 0.1) is 0 Å². The van der Waals surface area contributed by atoms with E-state index in [0.717, 1.165) is 5.69 Å². The van der Waals surface area contributed by atoms with Gasteiger partial charge in [-0.3, -0.25) is 0 Å². The third-order valence-corrected chi connectivity index (χ3v) is 3.38. The Kier molecular flexibility index (Phi) is 4.29. The molecule has 0 unspecified atom stereocenters. The van der Waals surface area contributed by atoms with Crippen LogP contribution in [0.1, 0.15) is 0 Å². The van der Waals surface area contributed by atoms with Gasteiger partial charge in [0.15, 0.2) is 0 Å². The zero-order valence-electron chi connectivity index (χ0n) is 12.7. The molecule has 0 saturated carbocycles. The van der Waals surface area contributed by atoms with Gasteiger partial charge in [0.25, 0.3) is 0 Å². The van der Waals surface area contributed by atoms with Gasteiger partial charge in [-0.2, -0.15) is 0 Å². The summed E-state index contributed by atoms with van der Waals surface area (Å²) in [6.45, 7) is 0. The average molecular weight is 307 g/mol. The largest absolute Gasteiger partial charge is 0.495 e. The Balaban J connectivity index is 1.66. The maximum Gasteiger partial charge on any atom is 0.323 e. The first kappa shape index (κ1) is 14.7. The number of nitrogens with one attached hydrogen (secondary N) is 2. The molecule has 0 spiro atoms. The first-order valence-corrected chi connectivity index (χ1v) is 7.21. The lowest BCUT2D eigenvalue weighted by atomic mass is 10.2. The van der Waals surface area contributed by atoms with Gasteiger partial charge in [0.2, 0.25) is 0 Å². The summed E-state index contributed by atoms with van der Waals surface area (Å²) in [4.78, 5) is 12.1. The number of amides is 2. The molecule has 0 radical (unpaired) electrons. The highest BCUT2D eigenvalue weighted by Crippen LogP contribution is 2.23. The van der Waals surface area contributed by atoms with Crippen molar-refractivity contribution >= 4 is 17.4 Å². The molecule has 0 aliphatic heterocycles. The van der Waals surface area contributed by atoms with Crippen LogP contribution in [0.5, 0.6) is 5.75 Å². The van der Waals surface area contributed by atoms with E-state index in [1.54, 1.807) is 19.2 Å². The summed E-state index contributed by atoms with van der Waals surface area (Å²) in [6, 6.07) is 18.5. The van der Waals surface area contributed by atoms with Crippen molar-refractivity contribution in [3.8, 4) is 11.4 Å². The lowest BCUT2D eigenvalue weighted by molar-refractivity contribution is 0.262. The fourth-order valence-electron chi connectivity index (χ4n) is 2.26. The molecule has 1 heterocycles. The number of anilines is 2. The maximum atomic E-state index is 12.1. The van der Waals surface area contributed by atoms with Crippen molar-refractivity contribution in [1.82, 2.24) is 4.57 Å². The molecule has 2 aromatic carbocycles. The summed E-state index contributed by atoms with van der Waals surface area (Å²) >= 11 is 0. The highest BCUT2D eigenvalue weighted by molar-refractivity contribution is 6.00. The SMILES string of the molecule is COc1ccccc1NC(=O)Nc1ccc(-n2cccc2)cc1. The van der Waals surface area contributed by atoms with Crippen molar-refractivity contribution in [1.29, 1.82) is 0 Å². The number of hydrogen-bond donors (Lipinski definition) is 2. The summed E-state index contributed by atoms with van der Waals surface area (Å²) in [6.07, 6.45) is 3.94. The van der Waals surface area contributed by atoms with Crippen LogP contribution >= 0.6 is 0 Å². The van der Waals surface area contributed by atoms with Crippen LogP contribution in [0.2, 0.25) is 0 Å². The summed E-state index contributed by atoms with van der Waals surface area (Å²) < 4.78 is 7.21. The second-order valence-electron chi connectivity index (χ2n) is 4.92. The van der Waals surface area contributed by atoms with E-state index in [1.165, 1.54) is 0 Å². The summed E-state index contributed by atoms with van der Waals surface area (Å²) in [7, 11) is 1.57. The lowest BCUT2D eigenvalue weighted by Crippen LogP contribution is -2.19. The predicted molar refractivity (Wildman–Crippen MR) is 91.4 cm³/mol. The normalized spacial score (nSPS) is 10.1. The number of benzene rings is 2. The van der Waals surface area contributed by atoms with E-state index in [1.807, 2.05) is 65.5 Å². The van der Waals surface area contributed by atoms with Gasteiger partial charge >= 0.3 is 6.03 Å². The van der Waals surface area contributed by atoms with E-state index < -0.39 is 0 Å². The Morgan fingerprint density at radius 3 is 2.30 bits per heavy atom. The Morgan fingerprint density at radius 2 is 1.61 bits per heavy atom. The molecule has 5 heteroatoms. The van der Waals surface area contributed by atoms with Crippen LogP contribution in [-0.2, 0) is 0 Å². The van der Waals surface area contributed by atoms with Gasteiger partial charge in [-0.05, 0) is 48.5 Å². The second-order valence-corrected chi connectivity index (χ2v) is 4.92. The monoisotopic (exact) mass is 307 g/mol. The van der Waals surface area contributed by atoms with Gasteiger partial charge < -0.3 is 19.9 Å². The van der Waals surface area contributed by atoms with Crippen molar-refractivity contribution in [3.63, 3.8) is 0 Å². The minimum Gasteiger partial charge on any atom is -0.495 e. The molecule has 0 aliphatic carbocycles. The minimum atomic E-state index is -0.316. The van der Waals surface area contributed by atoms with Crippen molar-refractivity contribution in [2.75, 3.05) is 17.7 Å². The smallest absolute Gasteiger partial charge is 0.323 e. The van der Waals surface area contributed by atoms with Crippen LogP contribution in [0.25, 0.3) is 5.69 Å². The molecule has 0 atom stereocenters. The van der Waals surface area contributed by atoms with E-state index >= 15 is 0 Å². The van der Waals surface area contributed by atoms with Gasteiger partial charge in [0, 0.05) is 23.8 Å². The number of urea groups is 1. The third kappa shape index (κ3) is 3.52. The number of rotatable bonds is 4. The number of carbonyl (C=O) groups excluding carboxylic acids is 1. The number of methoxy groups -OCH3 is 1. The molecule has 0 fully saturated rings. The van der Waals surface area contributed by atoms with E-state index in [-0.39, 0.29) is 6.03 Å². The van der Waals surface area contributed by atoms with Gasteiger partial charge in [0.05, 0.1) is 12.8 Å². The Labute approximate surface area is 134 Å². The molecule has 0 aliphatic rings. The van der Waals surface area contributed by atoms with Gasteiger partial charge in [0.1, 0.15) is 5.75 Å². The second kappa shape index (κ2) is 6.70. The van der Waals surface area contributed by atoms with Crippen molar-refractivity contribution in [2.24, 2.45) is 0 Å². The first-order chi connectivity index (χ1) is 11.3. The number of aromatic nitrogens is 1. The molecule has 0 saturated heterocycles.